The molecule has 0 atom stereocenters. The van der Waals surface area contributed by atoms with E-state index < -0.39 is 0 Å². The second-order valence-corrected chi connectivity index (χ2v) is 2.88. The van der Waals surface area contributed by atoms with E-state index in [2.05, 4.69) is 11.8 Å². The summed E-state index contributed by atoms with van der Waals surface area (Å²) in [6.07, 6.45) is 0.975. The van der Waals surface area contributed by atoms with Gasteiger partial charge in [-0.05, 0) is 12.1 Å². The van der Waals surface area contributed by atoms with Crippen molar-refractivity contribution in [3.05, 3.63) is 35.4 Å². The summed E-state index contributed by atoms with van der Waals surface area (Å²) in [5.41, 5.74) is 6.59. The van der Waals surface area contributed by atoms with Gasteiger partial charge < -0.3 is 10.5 Å². The first kappa shape index (κ1) is 11.2. The SMILES string of the molecule is NCC(=O)c1ccc(C#CCC=O)cc1. The molecule has 0 amide bonds. The predicted molar refractivity (Wildman–Crippen MR) is 57.4 cm³/mol. The molecule has 3 heteroatoms. The Bertz CT molecular complexity index is 409. The maximum atomic E-state index is 11.2. The summed E-state index contributed by atoms with van der Waals surface area (Å²) in [6.45, 7) is 0.0101. The van der Waals surface area contributed by atoms with Crippen molar-refractivity contribution in [3.63, 3.8) is 0 Å². The van der Waals surface area contributed by atoms with E-state index in [-0.39, 0.29) is 18.7 Å². The molecule has 0 aliphatic heterocycles. The van der Waals surface area contributed by atoms with E-state index in [0.717, 1.165) is 11.8 Å². The largest absolute Gasteiger partial charge is 0.324 e. The molecule has 0 saturated carbocycles. The molecule has 0 bridgehead atoms. The van der Waals surface area contributed by atoms with E-state index in [0.29, 0.717) is 5.56 Å². The van der Waals surface area contributed by atoms with Crippen molar-refractivity contribution >= 4 is 12.1 Å². The van der Waals surface area contributed by atoms with Gasteiger partial charge in [-0.15, -0.1) is 0 Å². The highest BCUT2D eigenvalue weighted by Crippen LogP contribution is 2.03. The van der Waals surface area contributed by atoms with Crippen LogP contribution in [-0.4, -0.2) is 18.6 Å². The highest BCUT2D eigenvalue weighted by molar-refractivity contribution is 5.97. The van der Waals surface area contributed by atoms with E-state index in [1.54, 1.807) is 24.3 Å². The molecule has 0 spiro atoms. The summed E-state index contributed by atoms with van der Waals surface area (Å²) in [7, 11) is 0. The third-order valence-electron chi connectivity index (χ3n) is 1.81. The quantitative estimate of drug-likeness (QED) is 0.446. The lowest BCUT2D eigenvalue weighted by atomic mass is 10.1. The van der Waals surface area contributed by atoms with Crippen LogP contribution in [0.15, 0.2) is 24.3 Å². The highest BCUT2D eigenvalue weighted by atomic mass is 16.1. The Morgan fingerprint density at radius 3 is 2.53 bits per heavy atom. The molecule has 2 N–H and O–H groups in total. The Morgan fingerprint density at radius 2 is 2.00 bits per heavy atom. The molecule has 76 valence electrons. The van der Waals surface area contributed by atoms with Crippen LogP contribution in [0.3, 0.4) is 0 Å². The Morgan fingerprint density at radius 1 is 1.33 bits per heavy atom. The smallest absolute Gasteiger partial charge is 0.176 e. The van der Waals surface area contributed by atoms with Gasteiger partial charge >= 0.3 is 0 Å². The Labute approximate surface area is 88.3 Å². The van der Waals surface area contributed by atoms with Crippen LogP contribution in [0.25, 0.3) is 0 Å². The zero-order chi connectivity index (χ0) is 11.1. The Hall–Kier alpha value is -1.92. The summed E-state index contributed by atoms with van der Waals surface area (Å²) in [4.78, 5) is 21.2. The number of hydrogen-bond acceptors (Lipinski definition) is 3. The highest BCUT2D eigenvalue weighted by Gasteiger charge is 2.01. The van der Waals surface area contributed by atoms with Crippen LogP contribution >= 0.6 is 0 Å². The molecule has 15 heavy (non-hydrogen) atoms. The van der Waals surface area contributed by atoms with Crippen molar-refractivity contribution in [2.24, 2.45) is 5.73 Å². The maximum Gasteiger partial charge on any atom is 0.176 e. The molecule has 0 fully saturated rings. The molecule has 1 aromatic rings. The van der Waals surface area contributed by atoms with Gasteiger partial charge in [-0.25, -0.2) is 0 Å². The van der Waals surface area contributed by atoms with Gasteiger partial charge in [0.05, 0.1) is 13.0 Å². The van der Waals surface area contributed by atoms with Gasteiger partial charge in [0.25, 0.3) is 0 Å². The van der Waals surface area contributed by atoms with Crippen molar-refractivity contribution in [2.45, 2.75) is 6.42 Å². The van der Waals surface area contributed by atoms with Crippen LogP contribution in [0.1, 0.15) is 22.3 Å². The summed E-state index contributed by atoms with van der Waals surface area (Å²) in [6, 6.07) is 6.83. The fraction of sp³-hybridized carbons (Fsp3) is 0.167. The number of benzene rings is 1. The van der Waals surface area contributed by atoms with Crippen LogP contribution in [0.4, 0.5) is 0 Å². The molecule has 0 radical (unpaired) electrons. The number of rotatable bonds is 3. The van der Waals surface area contributed by atoms with Crippen molar-refractivity contribution in [2.75, 3.05) is 6.54 Å². The number of Topliss-reactive ketones (excluding diaryl/α,β-unsaturated/α-hetero) is 1. The Kier molecular flexibility index (Phi) is 4.27. The third-order valence-corrected chi connectivity index (χ3v) is 1.81. The summed E-state index contributed by atoms with van der Waals surface area (Å²) >= 11 is 0. The second-order valence-electron chi connectivity index (χ2n) is 2.88. The number of ketones is 1. The molecule has 0 unspecified atom stereocenters. The van der Waals surface area contributed by atoms with Gasteiger partial charge in [-0.1, -0.05) is 24.0 Å². The normalized spacial score (nSPS) is 8.87. The lowest BCUT2D eigenvalue weighted by Crippen LogP contribution is -2.13. The van der Waals surface area contributed by atoms with Crippen LogP contribution in [0.2, 0.25) is 0 Å². The van der Waals surface area contributed by atoms with Gasteiger partial charge in [0.1, 0.15) is 6.29 Å². The van der Waals surface area contributed by atoms with Gasteiger partial charge in [0, 0.05) is 11.1 Å². The van der Waals surface area contributed by atoms with Crippen molar-refractivity contribution < 1.29 is 9.59 Å². The van der Waals surface area contributed by atoms with Gasteiger partial charge in [-0.3, -0.25) is 4.79 Å². The first-order chi connectivity index (χ1) is 7.27. The topological polar surface area (TPSA) is 60.2 Å². The number of hydrogen-bond donors (Lipinski definition) is 1. The minimum absolute atomic E-state index is 0.0101. The van der Waals surface area contributed by atoms with Gasteiger partial charge in [0.15, 0.2) is 5.78 Å². The Balaban J connectivity index is 2.77. The van der Waals surface area contributed by atoms with Gasteiger partial charge in [0.2, 0.25) is 0 Å². The van der Waals surface area contributed by atoms with Crippen molar-refractivity contribution in [1.82, 2.24) is 0 Å². The maximum absolute atomic E-state index is 11.2. The first-order valence-electron chi connectivity index (χ1n) is 4.53. The molecule has 0 aliphatic rings. The minimum Gasteiger partial charge on any atom is -0.324 e. The molecule has 1 aromatic carbocycles. The fourth-order valence-electron chi connectivity index (χ4n) is 1.05. The summed E-state index contributed by atoms with van der Waals surface area (Å²) < 4.78 is 0. The first-order valence-corrected chi connectivity index (χ1v) is 4.53. The summed E-state index contributed by atoms with van der Waals surface area (Å²) in [5, 5.41) is 0. The molecule has 0 aliphatic carbocycles. The average molecular weight is 201 g/mol. The lowest BCUT2D eigenvalue weighted by molar-refractivity contribution is -0.107. The minimum atomic E-state index is -0.0950. The zero-order valence-corrected chi connectivity index (χ0v) is 8.19. The molecule has 0 aromatic heterocycles. The number of carbonyl (C=O) groups excluding carboxylic acids is 2. The zero-order valence-electron chi connectivity index (χ0n) is 8.19. The fourth-order valence-corrected chi connectivity index (χ4v) is 1.05. The molecule has 3 nitrogen and oxygen atoms in total. The van der Waals surface area contributed by atoms with E-state index in [9.17, 15) is 9.59 Å². The van der Waals surface area contributed by atoms with Crippen molar-refractivity contribution in [1.29, 1.82) is 0 Å². The van der Waals surface area contributed by atoms with Crippen LogP contribution in [0.5, 0.6) is 0 Å². The van der Waals surface area contributed by atoms with Crippen LogP contribution in [-0.2, 0) is 4.79 Å². The number of carbonyl (C=O) groups is 2. The third kappa shape index (κ3) is 3.37. The van der Waals surface area contributed by atoms with E-state index in [1.807, 2.05) is 0 Å². The number of aldehydes is 1. The number of nitrogens with two attached hydrogens (primary N) is 1. The summed E-state index contributed by atoms with van der Waals surface area (Å²) in [5.74, 6) is 5.40. The molecule has 0 saturated heterocycles. The van der Waals surface area contributed by atoms with Crippen LogP contribution < -0.4 is 5.73 Å². The van der Waals surface area contributed by atoms with E-state index >= 15 is 0 Å². The predicted octanol–water partition coefficient (Wildman–Crippen LogP) is 0.768. The average Bonchev–Trinajstić information content (AvgIpc) is 2.29. The van der Waals surface area contributed by atoms with Crippen molar-refractivity contribution in [3.8, 4) is 11.8 Å². The van der Waals surface area contributed by atoms with E-state index in [1.165, 1.54) is 0 Å². The molecular formula is C12H11NO2. The standard InChI is InChI=1S/C12H11NO2/c13-9-12(15)11-6-4-10(5-7-11)3-1-2-8-14/h4-8H,2,9,13H2. The molecule has 0 heterocycles. The monoisotopic (exact) mass is 201 g/mol. The molecular weight excluding hydrogens is 190 g/mol. The van der Waals surface area contributed by atoms with Gasteiger partial charge in [-0.2, -0.15) is 0 Å². The van der Waals surface area contributed by atoms with Crippen LogP contribution in [0, 0.1) is 11.8 Å². The molecule has 1 rings (SSSR count). The lowest BCUT2D eigenvalue weighted by Gasteiger charge is -1.96. The second kappa shape index (κ2) is 5.74. The van der Waals surface area contributed by atoms with E-state index in [4.69, 9.17) is 5.73 Å².